The molecule has 1 aromatic rings. The molecule has 1 saturated heterocycles. The van der Waals surface area contributed by atoms with Crippen molar-refractivity contribution in [2.75, 3.05) is 0 Å². The maximum absolute atomic E-state index is 13.5. The molecule has 2 N–H and O–H groups in total. The smallest absolute Gasteiger partial charge is 0.319 e. The fourth-order valence-corrected chi connectivity index (χ4v) is 1.61. The Balaban J connectivity index is 2.55. The number of benzene rings is 1. The van der Waals surface area contributed by atoms with Crippen LogP contribution in [0.5, 0.6) is 0 Å². The van der Waals surface area contributed by atoms with Crippen LogP contribution in [0.1, 0.15) is 12.5 Å². The summed E-state index contributed by atoms with van der Waals surface area (Å²) >= 11 is 0. The quantitative estimate of drug-likeness (QED) is 0.702. The summed E-state index contributed by atoms with van der Waals surface area (Å²) in [5.74, 6) is -2.13. The van der Waals surface area contributed by atoms with Crippen molar-refractivity contribution in [1.82, 2.24) is 10.6 Å². The minimum atomic E-state index is -1.57. The van der Waals surface area contributed by atoms with Crippen LogP contribution in [-0.4, -0.2) is 11.9 Å². The third-order valence-electron chi connectivity index (χ3n) is 2.51. The van der Waals surface area contributed by atoms with Crippen molar-refractivity contribution >= 4 is 11.9 Å². The molecule has 16 heavy (non-hydrogen) atoms. The lowest BCUT2D eigenvalue weighted by Gasteiger charge is -2.21. The molecule has 1 heterocycles. The second kappa shape index (κ2) is 3.26. The molecule has 2 rings (SSSR count). The van der Waals surface area contributed by atoms with Gasteiger partial charge in [0.05, 0.1) is 0 Å². The van der Waals surface area contributed by atoms with Gasteiger partial charge in [-0.2, -0.15) is 0 Å². The molecular weight excluding hydrogens is 218 g/mol. The summed E-state index contributed by atoms with van der Waals surface area (Å²) in [7, 11) is 0. The topological polar surface area (TPSA) is 58.2 Å². The van der Waals surface area contributed by atoms with E-state index in [-0.39, 0.29) is 5.56 Å². The Morgan fingerprint density at radius 3 is 2.50 bits per heavy atom. The van der Waals surface area contributed by atoms with Gasteiger partial charge < -0.3 is 5.32 Å². The zero-order valence-electron chi connectivity index (χ0n) is 8.30. The summed E-state index contributed by atoms with van der Waals surface area (Å²) in [6, 6.07) is 2.02. The predicted octanol–water partition coefficient (Wildman–Crippen LogP) is 1.02. The van der Waals surface area contributed by atoms with E-state index < -0.39 is 29.1 Å². The number of hydrogen-bond donors (Lipinski definition) is 2. The molecule has 1 aromatic carbocycles. The van der Waals surface area contributed by atoms with E-state index in [4.69, 9.17) is 0 Å². The van der Waals surface area contributed by atoms with Gasteiger partial charge in [0.1, 0.15) is 17.2 Å². The van der Waals surface area contributed by atoms with E-state index in [2.05, 4.69) is 5.32 Å². The normalized spacial score (nSPS) is 24.2. The number of urea groups is 1. The Bertz CT molecular complexity index is 490. The number of amides is 3. The summed E-state index contributed by atoms with van der Waals surface area (Å²) in [5, 5.41) is 4.23. The Morgan fingerprint density at radius 1 is 1.25 bits per heavy atom. The van der Waals surface area contributed by atoms with E-state index >= 15 is 0 Å². The Hall–Kier alpha value is -1.98. The summed E-state index contributed by atoms with van der Waals surface area (Å²) in [4.78, 5) is 22.5. The minimum Gasteiger partial charge on any atom is -0.319 e. The van der Waals surface area contributed by atoms with Gasteiger partial charge in [0.15, 0.2) is 0 Å². The molecule has 0 aliphatic carbocycles. The minimum absolute atomic E-state index is 0.198. The number of rotatable bonds is 1. The van der Waals surface area contributed by atoms with Gasteiger partial charge in [0.2, 0.25) is 0 Å². The molecule has 0 spiro atoms. The molecule has 84 valence electrons. The first-order valence-corrected chi connectivity index (χ1v) is 4.52. The highest BCUT2D eigenvalue weighted by Gasteiger charge is 2.45. The van der Waals surface area contributed by atoms with Crippen LogP contribution in [0.15, 0.2) is 18.2 Å². The molecule has 1 atom stereocenters. The number of hydrogen-bond acceptors (Lipinski definition) is 2. The predicted molar refractivity (Wildman–Crippen MR) is 50.4 cm³/mol. The summed E-state index contributed by atoms with van der Waals surface area (Å²) in [6.45, 7) is 1.31. The standard InChI is InChI=1S/C10H8F2N2O2/c1-10(8(15)13-9(16)14-10)6-4-5(11)2-3-7(6)12/h2-4H,1H3,(H2,13,14,15,16)/t10-/m1/s1. The summed E-state index contributed by atoms with van der Waals surface area (Å²) in [6.07, 6.45) is 0. The van der Waals surface area contributed by atoms with Gasteiger partial charge in [0, 0.05) is 5.56 Å². The molecule has 0 unspecified atom stereocenters. The monoisotopic (exact) mass is 226 g/mol. The molecule has 0 aromatic heterocycles. The number of halogens is 2. The molecule has 4 nitrogen and oxygen atoms in total. The van der Waals surface area contributed by atoms with Crippen LogP contribution in [0.3, 0.4) is 0 Å². The zero-order valence-corrected chi connectivity index (χ0v) is 8.30. The van der Waals surface area contributed by atoms with Crippen LogP contribution in [-0.2, 0) is 10.3 Å². The third kappa shape index (κ3) is 1.42. The average Bonchev–Trinajstić information content (AvgIpc) is 2.46. The lowest BCUT2D eigenvalue weighted by atomic mass is 9.92. The van der Waals surface area contributed by atoms with Crippen LogP contribution >= 0.6 is 0 Å². The van der Waals surface area contributed by atoms with Crippen molar-refractivity contribution in [1.29, 1.82) is 0 Å². The molecule has 3 amide bonds. The van der Waals surface area contributed by atoms with E-state index in [0.717, 1.165) is 18.2 Å². The second-order valence-corrected chi connectivity index (χ2v) is 3.66. The average molecular weight is 226 g/mol. The van der Waals surface area contributed by atoms with Gasteiger partial charge in [-0.3, -0.25) is 10.1 Å². The van der Waals surface area contributed by atoms with Crippen molar-refractivity contribution in [3.8, 4) is 0 Å². The first-order valence-electron chi connectivity index (χ1n) is 4.52. The zero-order chi connectivity index (χ0) is 11.9. The van der Waals surface area contributed by atoms with Gasteiger partial charge in [-0.15, -0.1) is 0 Å². The van der Waals surface area contributed by atoms with E-state index in [1.165, 1.54) is 6.92 Å². The highest BCUT2D eigenvalue weighted by atomic mass is 19.1. The molecule has 0 saturated carbocycles. The number of carbonyl (C=O) groups excluding carboxylic acids is 2. The molecule has 6 heteroatoms. The van der Waals surface area contributed by atoms with Crippen molar-refractivity contribution in [3.63, 3.8) is 0 Å². The highest BCUT2D eigenvalue weighted by molar-refractivity contribution is 6.07. The molecule has 1 aliphatic heterocycles. The van der Waals surface area contributed by atoms with E-state index in [0.29, 0.717) is 0 Å². The fraction of sp³-hybridized carbons (Fsp3) is 0.200. The SMILES string of the molecule is C[C@]1(c2cc(F)ccc2F)NC(=O)NC1=O. The van der Waals surface area contributed by atoms with Gasteiger partial charge in [0.25, 0.3) is 5.91 Å². The van der Waals surface area contributed by atoms with Crippen molar-refractivity contribution in [3.05, 3.63) is 35.4 Å². The van der Waals surface area contributed by atoms with Gasteiger partial charge in [-0.1, -0.05) is 0 Å². The first kappa shape index (κ1) is 10.5. The largest absolute Gasteiger partial charge is 0.322 e. The lowest BCUT2D eigenvalue weighted by molar-refractivity contribution is -0.123. The first-order chi connectivity index (χ1) is 7.43. The molecule has 1 fully saturated rings. The molecule has 0 bridgehead atoms. The van der Waals surface area contributed by atoms with E-state index in [1.807, 2.05) is 5.32 Å². The molecular formula is C10H8F2N2O2. The van der Waals surface area contributed by atoms with Crippen LogP contribution < -0.4 is 10.6 Å². The Labute approximate surface area is 89.6 Å². The number of carbonyl (C=O) groups is 2. The molecule has 1 aliphatic rings. The van der Waals surface area contributed by atoms with Crippen molar-refractivity contribution in [2.24, 2.45) is 0 Å². The maximum atomic E-state index is 13.5. The van der Waals surface area contributed by atoms with Gasteiger partial charge in [-0.05, 0) is 25.1 Å². The number of nitrogens with one attached hydrogen (secondary N) is 2. The van der Waals surface area contributed by atoms with Gasteiger partial charge in [-0.25, -0.2) is 13.6 Å². The third-order valence-corrected chi connectivity index (χ3v) is 2.51. The van der Waals surface area contributed by atoms with Crippen molar-refractivity contribution in [2.45, 2.75) is 12.5 Å². The van der Waals surface area contributed by atoms with E-state index in [9.17, 15) is 18.4 Å². The highest BCUT2D eigenvalue weighted by Crippen LogP contribution is 2.27. The summed E-state index contributed by atoms with van der Waals surface area (Å²) in [5.41, 5.74) is -1.76. The van der Waals surface area contributed by atoms with E-state index in [1.54, 1.807) is 0 Å². The fourth-order valence-electron chi connectivity index (χ4n) is 1.61. The Kier molecular flexibility index (Phi) is 2.15. The Morgan fingerprint density at radius 2 is 1.94 bits per heavy atom. The number of imide groups is 1. The molecule has 0 radical (unpaired) electrons. The van der Waals surface area contributed by atoms with Crippen LogP contribution in [0.4, 0.5) is 13.6 Å². The lowest BCUT2D eigenvalue weighted by Crippen LogP contribution is -2.41. The second-order valence-electron chi connectivity index (χ2n) is 3.66. The maximum Gasteiger partial charge on any atom is 0.322 e. The van der Waals surface area contributed by atoms with Crippen LogP contribution in [0, 0.1) is 11.6 Å². The van der Waals surface area contributed by atoms with Crippen molar-refractivity contribution < 1.29 is 18.4 Å². The summed E-state index contributed by atoms with van der Waals surface area (Å²) < 4.78 is 26.5. The van der Waals surface area contributed by atoms with Gasteiger partial charge >= 0.3 is 6.03 Å². The van der Waals surface area contributed by atoms with Crippen LogP contribution in [0.25, 0.3) is 0 Å². The van der Waals surface area contributed by atoms with Crippen LogP contribution in [0.2, 0.25) is 0 Å².